The number of nitrogens with one attached hydrogen (secondary N) is 1. The van der Waals surface area contributed by atoms with Gasteiger partial charge >= 0.3 is 12.0 Å². The minimum Gasteiger partial charge on any atom is -0.458 e. The standard InChI is InChI=1S/C19H23ClN4O2/c20-16-12-22-18(23-13-16)26-17-9-5-11-24(14-17)19(25)21-10-4-8-15-6-2-1-3-7-15/h1-3,6-7,12-13,17H,4-5,8-11,14H2,(H,21,25)/t17-/m1/s1. The third-order valence-corrected chi connectivity index (χ3v) is 4.49. The molecule has 2 amide bonds. The van der Waals surface area contributed by atoms with Gasteiger partial charge in [0.2, 0.25) is 0 Å². The van der Waals surface area contributed by atoms with Crippen LogP contribution in [-0.2, 0) is 6.42 Å². The number of halogens is 1. The molecule has 1 aliphatic heterocycles. The second kappa shape index (κ2) is 9.38. The summed E-state index contributed by atoms with van der Waals surface area (Å²) in [5, 5.41) is 3.47. The van der Waals surface area contributed by atoms with Crippen molar-refractivity contribution in [2.45, 2.75) is 31.8 Å². The van der Waals surface area contributed by atoms with Gasteiger partial charge in [-0.15, -0.1) is 0 Å². The molecule has 1 aromatic carbocycles. The number of carbonyl (C=O) groups excluding carboxylic acids is 1. The van der Waals surface area contributed by atoms with Crippen LogP contribution in [-0.4, -0.2) is 46.6 Å². The van der Waals surface area contributed by atoms with E-state index in [1.807, 2.05) is 18.2 Å². The summed E-state index contributed by atoms with van der Waals surface area (Å²) < 4.78 is 5.77. The molecule has 138 valence electrons. The van der Waals surface area contributed by atoms with E-state index in [4.69, 9.17) is 16.3 Å². The van der Waals surface area contributed by atoms with Gasteiger partial charge in [0.1, 0.15) is 6.10 Å². The van der Waals surface area contributed by atoms with Crippen molar-refractivity contribution in [3.8, 4) is 6.01 Å². The molecule has 0 bridgehead atoms. The number of hydrogen-bond donors (Lipinski definition) is 1. The molecule has 0 aliphatic carbocycles. The maximum atomic E-state index is 12.4. The third-order valence-electron chi connectivity index (χ3n) is 4.30. The minimum absolute atomic E-state index is 0.0385. The maximum absolute atomic E-state index is 12.4. The lowest BCUT2D eigenvalue weighted by atomic mass is 10.1. The summed E-state index contributed by atoms with van der Waals surface area (Å²) in [6.07, 6.45) is 6.57. The molecule has 7 heteroatoms. The van der Waals surface area contributed by atoms with Gasteiger partial charge in [0, 0.05) is 13.1 Å². The Morgan fingerprint density at radius 1 is 1.27 bits per heavy atom. The van der Waals surface area contributed by atoms with Gasteiger partial charge in [0.05, 0.1) is 24.0 Å². The van der Waals surface area contributed by atoms with E-state index in [9.17, 15) is 4.79 Å². The number of likely N-dealkylation sites (tertiary alicyclic amines) is 1. The molecule has 3 rings (SSSR count). The number of aryl methyl sites for hydroxylation is 1. The topological polar surface area (TPSA) is 67.4 Å². The minimum atomic E-state index is -0.0972. The summed E-state index contributed by atoms with van der Waals surface area (Å²) in [5.41, 5.74) is 1.29. The van der Waals surface area contributed by atoms with E-state index in [1.165, 1.54) is 18.0 Å². The fourth-order valence-electron chi connectivity index (χ4n) is 2.97. The highest BCUT2D eigenvalue weighted by Gasteiger charge is 2.25. The summed E-state index contributed by atoms with van der Waals surface area (Å²) in [6, 6.07) is 10.5. The first-order valence-corrected chi connectivity index (χ1v) is 9.29. The first kappa shape index (κ1) is 18.5. The van der Waals surface area contributed by atoms with Gasteiger partial charge in [-0.2, -0.15) is 0 Å². The van der Waals surface area contributed by atoms with Crippen molar-refractivity contribution in [1.29, 1.82) is 0 Å². The Balaban J connectivity index is 1.40. The number of carbonyl (C=O) groups is 1. The molecular formula is C19H23ClN4O2. The van der Waals surface area contributed by atoms with E-state index in [-0.39, 0.29) is 12.1 Å². The first-order valence-electron chi connectivity index (χ1n) is 8.91. The number of nitrogens with zero attached hydrogens (tertiary/aromatic N) is 3. The number of piperidine rings is 1. The van der Waals surface area contributed by atoms with Gasteiger partial charge in [-0.1, -0.05) is 41.9 Å². The monoisotopic (exact) mass is 374 g/mol. The Morgan fingerprint density at radius 3 is 2.81 bits per heavy atom. The largest absolute Gasteiger partial charge is 0.458 e. The number of benzene rings is 1. The Hall–Kier alpha value is -2.34. The van der Waals surface area contributed by atoms with Gasteiger partial charge in [-0.25, -0.2) is 14.8 Å². The highest BCUT2D eigenvalue weighted by molar-refractivity contribution is 6.30. The van der Waals surface area contributed by atoms with Crippen LogP contribution in [0.4, 0.5) is 4.79 Å². The van der Waals surface area contributed by atoms with Crippen molar-refractivity contribution in [1.82, 2.24) is 20.2 Å². The maximum Gasteiger partial charge on any atom is 0.317 e. The molecular weight excluding hydrogens is 352 g/mol. The number of hydrogen-bond acceptors (Lipinski definition) is 4. The number of rotatable bonds is 6. The zero-order valence-corrected chi connectivity index (χ0v) is 15.4. The van der Waals surface area contributed by atoms with Crippen molar-refractivity contribution in [3.63, 3.8) is 0 Å². The van der Waals surface area contributed by atoms with Crippen molar-refractivity contribution in [2.24, 2.45) is 0 Å². The molecule has 1 N–H and O–H groups in total. The lowest BCUT2D eigenvalue weighted by molar-refractivity contribution is 0.0939. The predicted molar refractivity (Wildman–Crippen MR) is 100 cm³/mol. The van der Waals surface area contributed by atoms with E-state index < -0.39 is 0 Å². The predicted octanol–water partition coefficient (Wildman–Crippen LogP) is 3.32. The summed E-state index contributed by atoms with van der Waals surface area (Å²) in [4.78, 5) is 22.3. The van der Waals surface area contributed by atoms with Crippen LogP contribution in [0.15, 0.2) is 42.7 Å². The van der Waals surface area contributed by atoms with E-state index >= 15 is 0 Å². The van der Waals surface area contributed by atoms with Crippen LogP contribution in [0.5, 0.6) is 6.01 Å². The number of urea groups is 1. The fraction of sp³-hybridized carbons (Fsp3) is 0.421. The van der Waals surface area contributed by atoms with Crippen molar-refractivity contribution >= 4 is 17.6 Å². The molecule has 1 atom stereocenters. The lowest BCUT2D eigenvalue weighted by Gasteiger charge is -2.32. The SMILES string of the molecule is O=C(NCCCc1ccccc1)N1CCC[C@@H](Oc2ncc(Cl)cn2)C1. The quantitative estimate of drug-likeness (QED) is 0.787. The zero-order valence-electron chi connectivity index (χ0n) is 14.6. The molecule has 0 radical (unpaired) electrons. The molecule has 2 aromatic rings. The van der Waals surface area contributed by atoms with Gasteiger partial charge in [-0.05, 0) is 31.2 Å². The highest BCUT2D eigenvalue weighted by atomic mass is 35.5. The number of aromatic nitrogens is 2. The molecule has 1 fully saturated rings. The summed E-state index contributed by atoms with van der Waals surface area (Å²) in [7, 11) is 0. The van der Waals surface area contributed by atoms with Gasteiger partial charge in [0.25, 0.3) is 0 Å². The van der Waals surface area contributed by atoms with Crippen LogP contribution < -0.4 is 10.1 Å². The van der Waals surface area contributed by atoms with E-state index in [0.717, 1.165) is 32.2 Å². The van der Waals surface area contributed by atoms with Crippen LogP contribution in [0.2, 0.25) is 5.02 Å². The molecule has 1 aromatic heterocycles. The van der Waals surface area contributed by atoms with Crippen LogP contribution >= 0.6 is 11.6 Å². The average molecular weight is 375 g/mol. The van der Waals surface area contributed by atoms with Crippen molar-refractivity contribution < 1.29 is 9.53 Å². The first-order chi connectivity index (χ1) is 12.7. The zero-order chi connectivity index (χ0) is 18.2. The third kappa shape index (κ3) is 5.59. The average Bonchev–Trinajstić information content (AvgIpc) is 2.68. The molecule has 0 unspecified atom stereocenters. The highest BCUT2D eigenvalue weighted by Crippen LogP contribution is 2.16. The molecule has 1 aliphatic rings. The fourth-order valence-corrected chi connectivity index (χ4v) is 3.07. The van der Waals surface area contributed by atoms with Gasteiger partial charge in [-0.3, -0.25) is 0 Å². The number of amides is 2. The molecule has 2 heterocycles. The summed E-state index contributed by atoms with van der Waals surface area (Å²) in [5.74, 6) is 0. The Morgan fingerprint density at radius 2 is 2.04 bits per heavy atom. The Labute approximate surface area is 158 Å². The molecule has 6 nitrogen and oxygen atoms in total. The van der Waals surface area contributed by atoms with Crippen molar-refractivity contribution in [2.75, 3.05) is 19.6 Å². The molecule has 26 heavy (non-hydrogen) atoms. The molecule has 0 saturated carbocycles. The molecule has 1 saturated heterocycles. The van der Waals surface area contributed by atoms with Gasteiger partial charge < -0.3 is 15.0 Å². The second-order valence-corrected chi connectivity index (χ2v) is 6.77. The lowest BCUT2D eigenvalue weighted by Crippen LogP contribution is -2.48. The van der Waals surface area contributed by atoms with E-state index in [1.54, 1.807) is 4.90 Å². The van der Waals surface area contributed by atoms with E-state index in [0.29, 0.717) is 24.1 Å². The number of ether oxygens (including phenoxy) is 1. The second-order valence-electron chi connectivity index (χ2n) is 6.33. The van der Waals surface area contributed by atoms with Crippen LogP contribution in [0.25, 0.3) is 0 Å². The van der Waals surface area contributed by atoms with Gasteiger partial charge in [0.15, 0.2) is 0 Å². The van der Waals surface area contributed by atoms with Crippen LogP contribution in [0.1, 0.15) is 24.8 Å². The Kier molecular flexibility index (Phi) is 6.66. The summed E-state index contributed by atoms with van der Waals surface area (Å²) >= 11 is 5.78. The Bertz CT molecular complexity index is 696. The van der Waals surface area contributed by atoms with Crippen LogP contribution in [0, 0.1) is 0 Å². The van der Waals surface area contributed by atoms with E-state index in [2.05, 4.69) is 27.4 Å². The molecule has 0 spiro atoms. The normalized spacial score (nSPS) is 17.0. The van der Waals surface area contributed by atoms with Crippen LogP contribution in [0.3, 0.4) is 0 Å². The summed E-state index contributed by atoms with van der Waals surface area (Å²) in [6.45, 7) is 1.94. The smallest absolute Gasteiger partial charge is 0.317 e. The van der Waals surface area contributed by atoms with Crippen molar-refractivity contribution in [3.05, 3.63) is 53.3 Å².